The van der Waals surface area contributed by atoms with Crippen LogP contribution in [0, 0.1) is 11.8 Å². The van der Waals surface area contributed by atoms with E-state index in [9.17, 15) is 24.6 Å². The molecule has 0 saturated carbocycles. The van der Waals surface area contributed by atoms with Crippen LogP contribution in [0.3, 0.4) is 0 Å². The van der Waals surface area contributed by atoms with Gasteiger partial charge in [-0.05, 0) is 19.8 Å². The number of nitrogens with zero attached hydrogens (tertiary/aromatic N) is 3. The number of β-lactam (4-membered cyclic amide) rings is 1. The third-order valence-electron chi connectivity index (χ3n) is 6.66. The van der Waals surface area contributed by atoms with Crippen LogP contribution in [-0.2, 0) is 34.4 Å². The first-order valence-corrected chi connectivity index (χ1v) is 11.7. The minimum Gasteiger partial charge on any atom is -0.477 e. The molecule has 1 aromatic rings. The first-order valence-electron chi connectivity index (χ1n) is 10.8. The van der Waals surface area contributed by atoms with Crippen molar-refractivity contribution in [2.24, 2.45) is 24.6 Å². The molecule has 3 aliphatic heterocycles. The summed E-state index contributed by atoms with van der Waals surface area (Å²) in [6, 6.07) is -0.0577. The minimum absolute atomic E-state index is 0.0772. The predicted molar refractivity (Wildman–Crippen MR) is 116 cm³/mol. The second-order valence-corrected chi connectivity index (χ2v) is 10.4. The number of carboxylic acid groups (broad SMARTS) is 1. The Morgan fingerprint density at radius 3 is 2.78 bits per heavy atom. The van der Waals surface area contributed by atoms with Gasteiger partial charge in [0.15, 0.2) is 19.8 Å². The number of amides is 2. The molecule has 2 saturated heterocycles. The summed E-state index contributed by atoms with van der Waals surface area (Å²) < 4.78 is 3.61. The second-order valence-electron chi connectivity index (χ2n) is 9.03. The molecular weight excluding hydrogens is 434 g/mol. The summed E-state index contributed by atoms with van der Waals surface area (Å²) in [4.78, 5) is 37.8. The molecule has 0 bridgehead atoms. The van der Waals surface area contributed by atoms with Crippen LogP contribution in [0.1, 0.15) is 25.8 Å². The van der Waals surface area contributed by atoms with E-state index in [2.05, 4.69) is 5.32 Å². The number of fused-ring (bicyclic) bond motifs is 1. The Kier molecular flexibility index (Phi) is 6.08. The van der Waals surface area contributed by atoms with Gasteiger partial charge >= 0.3 is 5.97 Å². The van der Waals surface area contributed by atoms with Crippen molar-refractivity contribution in [3.8, 4) is 0 Å². The highest BCUT2D eigenvalue weighted by Gasteiger charge is 2.60. The zero-order valence-electron chi connectivity index (χ0n) is 18.4. The average Bonchev–Trinajstić information content (AvgIpc) is 3.32. The number of aliphatic carboxylic acids is 1. The van der Waals surface area contributed by atoms with Crippen LogP contribution in [0.4, 0.5) is 0 Å². The van der Waals surface area contributed by atoms with Gasteiger partial charge in [-0.3, -0.25) is 9.59 Å². The molecule has 0 aromatic carbocycles. The molecular formula is C21H30N5O5S+. The summed E-state index contributed by atoms with van der Waals surface area (Å²) in [5.41, 5.74) is 6.46. The van der Waals surface area contributed by atoms with Crippen molar-refractivity contribution in [3.63, 3.8) is 0 Å². The Morgan fingerprint density at radius 1 is 1.44 bits per heavy atom. The molecule has 1 aromatic heterocycles. The summed E-state index contributed by atoms with van der Waals surface area (Å²) in [7, 11) is 1.86. The number of aliphatic hydroxyl groups is 1. The standard InChI is InChI=1S/C21H29N5O5S/c1-10-17-16(11(2)27)20(29)26(17)18(21(30)31)19(10)32-14-5-13(23-6-14)4-12-7-24(3)25(8-12)9-15(22)28/h7-8,10-11,13-14,16-17,23,27H,4-6,9H2,1-3H3,(H2-,22,28,30,31)/p+1/t10-,11-,13-,14+,16-,17-/m1/s1. The number of hydrogen-bond donors (Lipinski definition) is 4. The number of primary amides is 1. The number of hydrogen-bond acceptors (Lipinski definition) is 6. The molecule has 0 unspecified atom stereocenters. The van der Waals surface area contributed by atoms with Crippen LogP contribution < -0.4 is 15.7 Å². The van der Waals surface area contributed by atoms with E-state index in [1.54, 1.807) is 23.4 Å². The lowest BCUT2D eigenvalue weighted by atomic mass is 9.79. The molecule has 174 valence electrons. The zero-order chi connectivity index (χ0) is 23.3. The summed E-state index contributed by atoms with van der Waals surface area (Å²) in [6.07, 6.45) is 4.74. The van der Waals surface area contributed by atoms with E-state index in [0.29, 0.717) is 0 Å². The van der Waals surface area contributed by atoms with Crippen LogP contribution >= 0.6 is 11.8 Å². The van der Waals surface area contributed by atoms with Crippen molar-refractivity contribution < 1.29 is 29.3 Å². The lowest BCUT2D eigenvalue weighted by Crippen LogP contribution is -2.63. The second kappa shape index (κ2) is 8.53. The lowest BCUT2D eigenvalue weighted by Gasteiger charge is -2.46. The number of nitrogens with two attached hydrogens (primary N) is 1. The van der Waals surface area contributed by atoms with Crippen molar-refractivity contribution in [1.82, 2.24) is 14.9 Å². The zero-order valence-corrected chi connectivity index (χ0v) is 19.2. The maximum Gasteiger partial charge on any atom is 0.353 e. The molecule has 0 aliphatic carbocycles. The van der Waals surface area contributed by atoms with Gasteiger partial charge in [0.25, 0.3) is 0 Å². The molecule has 10 nitrogen and oxygen atoms in total. The molecule has 11 heteroatoms. The Labute approximate surface area is 190 Å². The molecule has 4 heterocycles. The van der Waals surface area contributed by atoms with Crippen molar-refractivity contribution in [1.29, 1.82) is 0 Å². The number of thioether (sulfide) groups is 1. The van der Waals surface area contributed by atoms with E-state index in [-0.39, 0.29) is 41.4 Å². The van der Waals surface area contributed by atoms with Crippen molar-refractivity contribution in [3.05, 3.63) is 28.6 Å². The average molecular weight is 465 g/mol. The van der Waals surface area contributed by atoms with E-state index in [1.165, 1.54) is 4.90 Å². The van der Waals surface area contributed by atoms with Crippen LogP contribution in [0.2, 0.25) is 0 Å². The van der Waals surface area contributed by atoms with Gasteiger partial charge < -0.3 is 26.2 Å². The molecule has 0 radical (unpaired) electrons. The number of aromatic nitrogens is 2. The van der Waals surface area contributed by atoms with E-state index in [0.717, 1.165) is 29.9 Å². The third-order valence-corrected chi connectivity index (χ3v) is 8.17. The minimum atomic E-state index is -1.09. The number of carboxylic acids is 1. The topological polar surface area (TPSA) is 142 Å². The van der Waals surface area contributed by atoms with Gasteiger partial charge in [-0.1, -0.05) is 6.92 Å². The monoisotopic (exact) mass is 464 g/mol. The van der Waals surface area contributed by atoms with E-state index < -0.39 is 23.9 Å². The molecule has 0 spiro atoms. The van der Waals surface area contributed by atoms with Gasteiger partial charge in [0.2, 0.25) is 11.8 Å². The highest BCUT2D eigenvalue weighted by Crippen LogP contribution is 2.51. The number of nitrogens with one attached hydrogen (secondary N) is 1. The number of carbonyl (C=O) groups excluding carboxylic acids is 2. The quantitative estimate of drug-likeness (QED) is 0.284. The van der Waals surface area contributed by atoms with Crippen molar-refractivity contribution in [2.75, 3.05) is 6.54 Å². The SMILES string of the molecule is C[C@@H](O)[C@H]1C(=O)N2C(C(=O)O)=C(S[C@@H]3CN[C@H](Cc4cn(CC(N)=O)[n+](C)c4)C3)[C@H](C)[C@H]12. The molecule has 4 rings (SSSR count). The van der Waals surface area contributed by atoms with E-state index >= 15 is 0 Å². The number of carbonyl (C=O) groups is 3. The first kappa shape index (κ1) is 22.8. The van der Waals surface area contributed by atoms with Gasteiger partial charge in [0.05, 0.1) is 24.3 Å². The Morgan fingerprint density at radius 2 is 2.16 bits per heavy atom. The summed E-state index contributed by atoms with van der Waals surface area (Å²) in [5.74, 6) is -2.46. The maximum absolute atomic E-state index is 12.5. The fourth-order valence-electron chi connectivity index (χ4n) is 5.22. The summed E-state index contributed by atoms with van der Waals surface area (Å²) in [6.45, 7) is 4.39. The predicted octanol–water partition coefficient (Wildman–Crippen LogP) is -1.04. The molecule has 3 aliphatic rings. The van der Waals surface area contributed by atoms with Crippen molar-refractivity contribution >= 4 is 29.5 Å². The Bertz CT molecular complexity index is 989. The van der Waals surface area contributed by atoms with Crippen molar-refractivity contribution in [2.45, 2.75) is 56.7 Å². The molecule has 2 amide bonds. The van der Waals surface area contributed by atoms with E-state index in [4.69, 9.17) is 5.73 Å². The molecule has 5 N–H and O–H groups in total. The van der Waals surface area contributed by atoms with Gasteiger partial charge in [0.1, 0.15) is 5.70 Å². The Balaban J connectivity index is 1.43. The van der Waals surface area contributed by atoms with Crippen LogP contribution in [0.25, 0.3) is 0 Å². The highest BCUT2D eigenvalue weighted by molar-refractivity contribution is 8.03. The number of rotatable bonds is 8. The smallest absolute Gasteiger partial charge is 0.353 e. The van der Waals surface area contributed by atoms with E-state index in [1.807, 2.05) is 31.0 Å². The summed E-state index contributed by atoms with van der Waals surface area (Å²) >= 11 is 1.54. The number of aryl methyl sites for hydroxylation is 1. The van der Waals surface area contributed by atoms with Gasteiger partial charge in [-0.15, -0.1) is 16.4 Å². The molecule has 2 fully saturated rings. The third kappa shape index (κ3) is 3.93. The van der Waals surface area contributed by atoms with Crippen LogP contribution in [0.15, 0.2) is 23.0 Å². The largest absolute Gasteiger partial charge is 0.477 e. The lowest BCUT2D eigenvalue weighted by molar-refractivity contribution is -0.752. The Hall–Kier alpha value is -2.37. The highest BCUT2D eigenvalue weighted by atomic mass is 32.2. The number of aliphatic hydroxyl groups excluding tert-OH is 1. The maximum atomic E-state index is 12.5. The van der Waals surface area contributed by atoms with Gasteiger partial charge in [0, 0.05) is 34.2 Å². The normalized spacial score (nSPS) is 30.4. The van der Waals surface area contributed by atoms with Gasteiger partial charge in [-0.25, -0.2) is 4.79 Å². The molecule has 6 atom stereocenters. The molecule has 32 heavy (non-hydrogen) atoms. The summed E-state index contributed by atoms with van der Waals surface area (Å²) in [5, 5.41) is 23.5. The first-order chi connectivity index (χ1) is 15.1. The van der Waals surface area contributed by atoms with Crippen LogP contribution in [0.5, 0.6) is 0 Å². The van der Waals surface area contributed by atoms with Crippen LogP contribution in [-0.4, -0.2) is 67.6 Å². The fraction of sp³-hybridized carbons (Fsp3) is 0.619. The van der Waals surface area contributed by atoms with Gasteiger partial charge in [-0.2, -0.15) is 4.68 Å². The fourth-order valence-corrected chi connectivity index (χ4v) is 6.74.